The van der Waals surface area contributed by atoms with Gasteiger partial charge in [-0.05, 0) is 49.2 Å². The molecule has 1 aliphatic rings. The molecule has 1 fully saturated rings. The van der Waals surface area contributed by atoms with Crippen molar-refractivity contribution in [3.8, 4) is 0 Å². The van der Waals surface area contributed by atoms with Gasteiger partial charge < -0.3 is 14.5 Å². The molecule has 0 spiro atoms. The molecule has 2 amide bonds. The van der Waals surface area contributed by atoms with E-state index in [0.29, 0.717) is 19.7 Å². The van der Waals surface area contributed by atoms with Crippen molar-refractivity contribution in [2.45, 2.75) is 20.0 Å². The smallest absolute Gasteiger partial charge is 0.320 e. The molecule has 0 N–H and O–H groups in total. The molecule has 0 unspecified atom stereocenters. The first kappa shape index (κ1) is 23.2. The van der Waals surface area contributed by atoms with Crippen LogP contribution in [0.2, 0.25) is 0 Å². The Bertz CT molecular complexity index is 772. The summed E-state index contributed by atoms with van der Waals surface area (Å²) in [5, 5.41) is 0. The highest BCUT2D eigenvalue weighted by Gasteiger charge is 2.24. The van der Waals surface area contributed by atoms with Gasteiger partial charge in [-0.2, -0.15) is 0 Å². The van der Waals surface area contributed by atoms with Crippen LogP contribution in [0, 0.1) is 11.6 Å². The summed E-state index contributed by atoms with van der Waals surface area (Å²) in [6, 6.07) is 12.5. The van der Waals surface area contributed by atoms with Crippen LogP contribution in [0.25, 0.3) is 0 Å². The van der Waals surface area contributed by atoms with Crippen molar-refractivity contribution >= 4 is 6.03 Å². The third-order valence-electron chi connectivity index (χ3n) is 5.71. The lowest BCUT2D eigenvalue weighted by molar-refractivity contribution is 0.0469. The number of carbonyl (C=O) groups excluding carboxylic acids is 1. The van der Waals surface area contributed by atoms with Crippen LogP contribution in [0.3, 0.4) is 0 Å². The van der Waals surface area contributed by atoms with E-state index in [1.807, 2.05) is 23.6 Å². The van der Waals surface area contributed by atoms with E-state index < -0.39 is 6.10 Å². The maximum atomic E-state index is 13.4. The first-order chi connectivity index (χ1) is 15.0. The molecule has 0 saturated carbocycles. The van der Waals surface area contributed by atoms with Gasteiger partial charge in [0.15, 0.2) is 0 Å². The normalized spacial score (nSPS) is 14.8. The minimum Gasteiger partial charge on any atom is -0.367 e. The fourth-order valence-electron chi connectivity index (χ4n) is 3.82. The number of benzene rings is 2. The largest absolute Gasteiger partial charge is 0.367 e. The number of piperazine rings is 1. The molecule has 0 radical (unpaired) electrons. The number of ether oxygens (including phenoxy) is 1. The molecule has 3 rings (SSSR count). The Morgan fingerprint density at radius 1 is 0.903 bits per heavy atom. The van der Waals surface area contributed by atoms with Crippen LogP contribution in [-0.2, 0) is 4.74 Å². The minimum absolute atomic E-state index is 0.105. The lowest BCUT2D eigenvalue weighted by Crippen LogP contribution is -2.53. The van der Waals surface area contributed by atoms with E-state index >= 15 is 0 Å². The van der Waals surface area contributed by atoms with Gasteiger partial charge in [-0.3, -0.25) is 4.90 Å². The Morgan fingerprint density at radius 3 is 1.84 bits per heavy atom. The summed E-state index contributed by atoms with van der Waals surface area (Å²) in [6.45, 7) is 9.64. The Balaban J connectivity index is 1.55. The Kier molecular flexibility index (Phi) is 8.37. The predicted molar refractivity (Wildman–Crippen MR) is 117 cm³/mol. The standard InChI is InChI=1S/C24H31F2N3O2/c1-3-28(4-2)24(30)29-15-13-27(14-16-29)17-18-31-23(19-5-9-21(25)10-6-19)20-7-11-22(26)12-8-20/h5-12,23H,3-4,13-18H2,1-2H3. The third kappa shape index (κ3) is 6.24. The zero-order valence-corrected chi connectivity index (χ0v) is 18.3. The van der Waals surface area contributed by atoms with Crippen LogP contribution < -0.4 is 0 Å². The predicted octanol–water partition coefficient (Wildman–Crippen LogP) is 4.15. The van der Waals surface area contributed by atoms with Crippen LogP contribution in [-0.4, -0.2) is 73.2 Å². The van der Waals surface area contributed by atoms with Gasteiger partial charge in [0.25, 0.3) is 0 Å². The molecule has 1 saturated heterocycles. The van der Waals surface area contributed by atoms with Crippen molar-refractivity contribution in [2.75, 3.05) is 52.4 Å². The number of hydrogen-bond donors (Lipinski definition) is 0. The van der Waals surface area contributed by atoms with Crippen molar-refractivity contribution in [3.05, 3.63) is 71.3 Å². The summed E-state index contributed by atoms with van der Waals surface area (Å²) < 4.78 is 32.9. The van der Waals surface area contributed by atoms with E-state index in [-0.39, 0.29) is 17.7 Å². The van der Waals surface area contributed by atoms with E-state index in [1.165, 1.54) is 24.3 Å². The Hall–Kier alpha value is -2.51. The monoisotopic (exact) mass is 431 g/mol. The van der Waals surface area contributed by atoms with Gasteiger partial charge in [-0.25, -0.2) is 13.6 Å². The third-order valence-corrected chi connectivity index (χ3v) is 5.71. The number of rotatable bonds is 8. The van der Waals surface area contributed by atoms with Crippen molar-refractivity contribution in [1.29, 1.82) is 0 Å². The molecule has 5 nitrogen and oxygen atoms in total. The molecule has 7 heteroatoms. The van der Waals surface area contributed by atoms with E-state index in [2.05, 4.69) is 4.90 Å². The van der Waals surface area contributed by atoms with Gasteiger partial charge in [0.05, 0.1) is 6.61 Å². The molecular weight excluding hydrogens is 400 g/mol. The molecule has 168 valence electrons. The first-order valence-corrected chi connectivity index (χ1v) is 10.9. The summed E-state index contributed by atoms with van der Waals surface area (Å²) in [5.41, 5.74) is 1.64. The van der Waals surface area contributed by atoms with Crippen LogP contribution in [0.1, 0.15) is 31.1 Å². The second kappa shape index (κ2) is 11.2. The topological polar surface area (TPSA) is 36.0 Å². The number of carbonyl (C=O) groups is 1. The minimum atomic E-state index is -0.397. The average molecular weight is 432 g/mol. The quantitative estimate of drug-likeness (QED) is 0.630. The lowest BCUT2D eigenvalue weighted by Gasteiger charge is -2.37. The van der Waals surface area contributed by atoms with Gasteiger partial charge in [-0.15, -0.1) is 0 Å². The molecule has 2 aromatic carbocycles. The number of halogens is 2. The molecule has 0 bridgehead atoms. The van der Waals surface area contributed by atoms with Crippen molar-refractivity contribution < 1.29 is 18.3 Å². The van der Waals surface area contributed by atoms with Gasteiger partial charge in [0.2, 0.25) is 0 Å². The van der Waals surface area contributed by atoms with Gasteiger partial charge in [0.1, 0.15) is 17.7 Å². The highest BCUT2D eigenvalue weighted by molar-refractivity contribution is 5.74. The number of amides is 2. The molecule has 1 aliphatic heterocycles. The van der Waals surface area contributed by atoms with Crippen LogP contribution >= 0.6 is 0 Å². The zero-order chi connectivity index (χ0) is 22.2. The number of nitrogens with zero attached hydrogens (tertiary/aromatic N) is 3. The maximum absolute atomic E-state index is 13.4. The molecule has 0 atom stereocenters. The van der Waals surface area contributed by atoms with E-state index in [4.69, 9.17) is 4.74 Å². The highest BCUT2D eigenvalue weighted by atomic mass is 19.1. The average Bonchev–Trinajstić information content (AvgIpc) is 2.79. The number of hydrogen-bond acceptors (Lipinski definition) is 3. The fraction of sp³-hybridized carbons (Fsp3) is 0.458. The summed E-state index contributed by atoms with van der Waals surface area (Å²) in [7, 11) is 0. The van der Waals surface area contributed by atoms with Crippen LogP contribution in [0.5, 0.6) is 0 Å². The Morgan fingerprint density at radius 2 is 1.39 bits per heavy atom. The highest BCUT2D eigenvalue weighted by Crippen LogP contribution is 2.26. The van der Waals surface area contributed by atoms with Gasteiger partial charge in [-0.1, -0.05) is 24.3 Å². The van der Waals surface area contributed by atoms with Crippen molar-refractivity contribution in [3.63, 3.8) is 0 Å². The van der Waals surface area contributed by atoms with Crippen LogP contribution in [0.15, 0.2) is 48.5 Å². The second-order valence-corrected chi connectivity index (χ2v) is 7.64. The second-order valence-electron chi connectivity index (χ2n) is 7.64. The summed E-state index contributed by atoms with van der Waals surface area (Å²) in [4.78, 5) is 18.5. The number of urea groups is 1. The molecule has 0 aliphatic carbocycles. The molecule has 1 heterocycles. The van der Waals surface area contributed by atoms with Gasteiger partial charge in [0, 0.05) is 45.8 Å². The fourth-order valence-corrected chi connectivity index (χ4v) is 3.82. The summed E-state index contributed by atoms with van der Waals surface area (Å²) in [6.07, 6.45) is -0.397. The molecule has 0 aromatic heterocycles. The molecular formula is C24H31F2N3O2. The maximum Gasteiger partial charge on any atom is 0.320 e. The van der Waals surface area contributed by atoms with E-state index in [0.717, 1.165) is 43.9 Å². The first-order valence-electron chi connectivity index (χ1n) is 10.9. The van der Waals surface area contributed by atoms with Gasteiger partial charge >= 0.3 is 6.03 Å². The molecule has 31 heavy (non-hydrogen) atoms. The Labute approximate surface area is 183 Å². The van der Waals surface area contributed by atoms with Crippen molar-refractivity contribution in [1.82, 2.24) is 14.7 Å². The van der Waals surface area contributed by atoms with Crippen LogP contribution in [0.4, 0.5) is 13.6 Å². The zero-order valence-electron chi connectivity index (χ0n) is 18.3. The van der Waals surface area contributed by atoms with E-state index in [1.54, 1.807) is 24.3 Å². The lowest BCUT2D eigenvalue weighted by atomic mass is 10.0. The van der Waals surface area contributed by atoms with Crippen molar-refractivity contribution in [2.24, 2.45) is 0 Å². The summed E-state index contributed by atoms with van der Waals surface area (Å²) in [5.74, 6) is -0.613. The SMILES string of the molecule is CCN(CC)C(=O)N1CCN(CCOC(c2ccc(F)cc2)c2ccc(F)cc2)CC1. The van der Waals surface area contributed by atoms with E-state index in [9.17, 15) is 13.6 Å². The summed E-state index contributed by atoms with van der Waals surface area (Å²) >= 11 is 0. The molecule has 2 aromatic rings.